The van der Waals surface area contributed by atoms with Crippen LogP contribution in [0.4, 0.5) is 0 Å². The van der Waals surface area contributed by atoms with Crippen molar-refractivity contribution < 1.29 is 9.53 Å². The summed E-state index contributed by atoms with van der Waals surface area (Å²) in [5.41, 5.74) is 2.55. The van der Waals surface area contributed by atoms with Crippen LogP contribution in [0.25, 0.3) is 0 Å². The maximum Gasteiger partial charge on any atom is 0.237 e. The van der Waals surface area contributed by atoms with E-state index in [1.807, 2.05) is 4.90 Å². The van der Waals surface area contributed by atoms with Gasteiger partial charge in [0.1, 0.15) is 0 Å². The van der Waals surface area contributed by atoms with Crippen LogP contribution >= 0.6 is 12.4 Å². The van der Waals surface area contributed by atoms with Gasteiger partial charge in [-0.1, -0.05) is 31.2 Å². The number of carbonyl (C=O) groups is 1. The molecule has 0 radical (unpaired) electrons. The minimum absolute atomic E-state index is 0. The summed E-state index contributed by atoms with van der Waals surface area (Å²) in [4.78, 5) is 14.4. The molecule has 4 nitrogen and oxygen atoms in total. The molecule has 5 heteroatoms. The molecular weight excluding hydrogens is 300 g/mol. The topological polar surface area (TPSA) is 41.6 Å². The molecule has 1 aromatic rings. The molecule has 1 fully saturated rings. The van der Waals surface area contributed by atoms with E-state index in [0.29, 0.717) is 25.7 Å². The number of ether oxygens (including phenoxy) is 1. The van der Waals surface area contributed by atoms with E-state index in [1.165, 1.54) is 11.1 Å². The fourth-order valence-corrected chi connectivity index (χ4v) is 2.36. The largest absolute Gasteiger partial charge is 0.383 e. The Hall–Kier alpha value is -1.10. The Kier molecular flexibility index (Phi) is 8.46. The average molecular weight is 327 g/mol. The zero-order chi connectivity index (χ0) is 15.1. The van der Waals surface area contributed by atoms with Gasteiger partial charge in [0.2, 0.25) is 5.91 Å². The van der Waals surface area contributed by atoms with Gasteiger partial charge in [0.25, 0.3) is 0 Å². The van der Waals surface area contributed by atoms with Gasteiger partial charge in [0.15, 0.2) is 0 Å². The molecule has 1 aliphatic rings. The van der Waals surface area contributed by atoms with E-state index >= 15 is 0 Å². The molecule has 1 amide bonds. The number of carbonyl (C=O) groups excluding carboxylic acids is 1. The summed E-state index contributed by atoms with van der Waals surface area (Å²) in [6, 6.07) is 9.02. The van der Waals surface area contributed by atoms with Gasteiger partial charge >= 0.3 is 0 Å². The first-order valence-corrected chi connectivity index (χ1v) is 7.81. The normalized spacial score (nSPS) is 13.5. The lowest BCUT2D eigenvalue weighted by Gasteiger charge is -2.23. The zero-order valence-electron chi connectivity index (χ0n) is 13.5. The van der Waals surface area contributed by atoms with Crippen LogP contribution in [0.5, 0.6) is 0 Å². The van der Waals surface area contributed by atoms with E-state index in [2.05, 4.69) is 36.5 Å². The number of methoxy groups -OCH3 is 1. The molecule has 2 rings (SSSR count). The Morgan fingerprint density at radius 2 is 1.91 bits per heavy atom. The van der Waals surface area contributed by atoms with Crippen LogP contribution in [0.3, 0.4) is 0 Å². The second-order valence-corrected chi connectivity index (χ2v) is 5.59. The Morgan fingerprint density at radius 3 is 2.45 bits per heavy atom. The monoisotopic (exact) mass is 326 g/mol. The standard InChI is InChI=1S/C17H26N2O2.ClH/c1-3-14-4-6-15(7-5-14)13-19(16-8-9-16)17(20)12-18-10-11-21-2;/h4-7,16,18H,3,8-13H2,1-2H3;1H. The third-order valence-corrected chi connectivity index (χ3v) is 3.85. The molecule has 0 heterocycles. The number of nitrogens with zero attached hydrogens (tertiary/aromatic N) is 1. The Labute approximate surface area is 139 Å². The third kappa shape index (κ3) is 5.95. The molecule has 0 spiro atoms. The van der Waals surface area contributed by atoms with Gasteiger partial charge in [-0.3, -0.25) is 4.79 Å². The number of halogens is 1. The molecule has 1 N–H and O–H groups in total. The molecule has 0 bridgehead atoms. The fourth-order valence-electron chi connectivity index (χ4n) is 2.36. The Balaban J connectivity index is 0.00000242. The van der Waals surface area contributed by atoms with Gasteiger partial charge in [0.05, 0.1) is 13.2 Å². The molecule has 0 aliphatic heterocycles. The summed E-state index contributed by atoms with van der Waals surface area (Å²) >= 11 is 0. The molecule has 124 valence electrons. The number of hydrogen-bond acceptors (Lipinski definition) is 3. The van der Waals surface area contributed by atoms with Crippen LogP contribution in [0.15, 0.2) is 24.3 Å². The van der Waals surface area contributed by atoms with E-state index in [-0.39, 0.29) is 18.3 Å². The highest BCUT2D eigenvalue weighted by Gasteiger charge is 2.32. The minimum atomic E-state index is 0. The van der Waals surface area contributed by atoms with Crippen LogP contribution in [0, 0.1) is 0 Å². The summed E-state index contributed by atoms with van der Waals surface area (Å²) in [5, 5.41) is 3.14. The smallest absolute Gasteiger partial charge is 0.237 e. The Morgan fingerprint density at radius 1 is 1.27 bits per heavy atom. The average Bonchev–Trinajstić information content (AvgIpc) is 3.34. The van der Waals surface area contributed by atoms with Crippen LogP contribution in [0.1, 0.15) is 30.9 Å². The van der Waals surface area contributed by atoms with Gasteiger partial charge in [-0.15, -0.1) is 12.4 Å². The van der Waals surface area contributed by atoms with Gasteiger partial charge in [-0.25, -0.2) is 0 Å². The minimum Gasteiger partial charge on any atom is -0.383 e. The van der Waals surface area contributed by atoms with E-state index in [1.54, 1.807) is 7.11 Å². The van der Waals surface area contributed by atoms with Crippen molar-refractivity contribution in [3.05, 3.63) is 35.4 Å². The summed E-state index contributed by atoms with van der Waals surface area (Å²) in [6.07, 6.45) is 3.32. The van der Waals surface area contributed by atoms with Crippen molar-refractivity contribution in [3.8, 4) is 0 Å². The second kappa shape index (κ2) is 9.82. The number of benzene rings is 1. The molecule has 1 aliphatic carbocycles. The van der Waals surface area contributed by atoms with Crippen molar-refractivity contribution in [2.45, 2.75) is 38.8 Å². The fraction of sp³-hybridized carbons (Fsp3) is 0.588. The summed E-state index contributed by atoms with van der Waals surface area (Å²) < 4.78 is 4.97. The van der Waals surface area contributed by atoms with E-state index in [0.717, 1.165) is 25.8 Å². The van der Waals surface area contributed by atoms with Crippen molar-refractivity contribution in [1.29, 1.82) is 0 Å². The van der Waals surface area contributed by atoms with E-state index < -0.39 is 0 Å². The lowest BCUT2D eigenvalue weighted by molar-refractivity contribution is -0.131. The predicted molar refractivity (Wildman–Crippen MR) is 91.4 cm³/mol. The first kappa shape index (κ1) is 18.9. The molecule has 1 aromatic carbocycles. The lowest BCUT2D eigenvalue weighted by Crippen LogP contribution is -2.40. The number of amides is 1. The summed E-state index contributed by atoms with van der Waals surface area (Å²) in [5.74, 6) is 0.188. The highest BCUT2D eigenvalue weighted by Crippen LogP contribution is 2.28. The first-order chi connectivity index (χ1) is 10.2. The molecule has 1 saturated carbocycles. The molecule has 0 saturated heterocycles. The van der Waals surface area contributed by atoms with Crippen LogP contribution < -0.4 is 5.32 Å². The number of nitrogens with one attached hydrogen (secondary N) is 1. The van der Waals surface area contributed by atoms with Crippen molar-refractivity contribution in [2.75, 3.05) is 26.8 Å². The third-order valence-electron chi connectivity index (χ3n) is 3.85. The van der Waals surface area contributed by atoms with Crippen molar-refractivity contribution in [2.24, 2.45) is 0 Å². The number of rotatable bonds is 9. The quantitative estimate of drug-likeness (QED) is 0.708. The lowest BCUT2D eigenvalue weighted by atomic mass is 10.1. The van der Waals surface area contributed by atoms with Crippen molar-refractivity contribution in [1.82, 2.24) is 10.2 Å². The SMILES string of the molecule is CCc1ccc(CN(C(=O)CNCCOC)C2CC2)cc1.Cl. The molecule has 0 unspecified atom stereocenters. The predicted octanol–water partition coefficient (Wildman–Crippen LogP) is 2.40. The maximum atomic E-state index is 12.3. The van der Waals surface area contributed by atoms with Crippen molar-refractivity contribution in [3.63, 3.8) is 0 Å². The maximum absolute atomic E-state index is 12.3. The first-order valence-electron chi connectivity index (χ1n) is 7.81. The highest BCUT2D eigenvalue weighted by molar-refractivity contribution is 5.85. The summed E-state index contributed by atoms with van der Waals surface area (Å²) in [6.45, 7) is 4.62. The van der Waals surface area contributed by atoms with Gasteiger partial charge in [-0.2, -0.15) is 0 Å². The zero-order valence-corrected chi connectivity index (χ0v) is 14.3. The second-order valence-electron chi connectivity index (χ2n) is 5.59. The van der Waals surface area contributed by atoms with Gasteiger partial charge in [-0.05, 0) is 30.4 Å². The van der Waals surface area contributed by atoms with Crippen LogP contribution in [-0.2, 0) is 22.5 Å². The van der Waals surface area contributed by atoms with Gasteiger partial charge < -0.3 is 15.0 Å². The van der Waals surface area contributed by atoms with Crippen LogP contribution in [-0.4, -0.2) is 43.7 Å². The number of aryl methyl sites for hydroxylation is 1. The summed E-state index contributed by atoms with van der Waals surface area (Å²) in [7, 11) is 1.67. The molecule has 22 heavy (non-hydrogen) atoms. The molecule has 0 atom stereocenters. The number of hydrogen-bond donors (Lipinski definition) is 1. The Bertz CT molecular complexity index is 446. The van der Waals surface area contributed by atoms with Crippen molar-refractivity contribution >= 4 is 18.3 Å². The van der Waals surface area contributed by atoms with Crippen LogP contribution in [0.2, 0.25) is 0 Å². The molecule has 0 aromatic heterocycles. The van der Waals surface area contributed by atoms with Gasteiger partial charge in [0, 0.05) is 26.2 Å². The molecular formula is C17H27ClN2O2. The highest BCUT2D eigenvalue weighted by atomic mass is 35.5. The van der Waals surface area contributed by atoms with E-state index in [9.17, 15) is 4.79 Å². The van der Waals surface area contributed by atoms with E-state index in [4.69, 9.17) is 4.74 Å².